The van der Waals surface area contributed by atoms with E-state index in [2.05, 4.69) is 44.0 Å². The van der Waals surface area contributed by atoms with Gasteiger partial charge in [0, 0.05) is 29.4 Å². The highest BCUT2D eigenvalue weighted by Gasteiger charge is 2.43. The van der Waals surface area contributed by atoms with Gasteiger partial charge < -0.3 is 16.0 Å². The summed E-state index contributed by atoms with van der Waals surface area (Å²) in [6, 6.07) is 2.48. The molecule has 1 aliphatic heterocycles. The van der Waals surface area contributed by atoms with Gasteiger partial charge in [-0.25, -0.2) is 0 Å². The largest absolute Gasteiger partial charge is 0.366 e. The molecule has 0 aromatic rings. The van der Waals surface area contributed by atoms with Crippen LogP contribution in [0.25, 0.3) is 0 Å². The summed E-state index contributed by atoms with van der Waals surface area (Å²) in [5, 5.41) is 13.0. The molecule has 0 bridgehead atoms. The van der Waals surface area contributed by atoms with Gasteiger partial charge in [-0.2, -0.15) is 5.26 Å². The van der Waals surface area contributed by atoms with Crippen LogP contribution in [0, 0.1) is 11.3 Å². The number of nitrogens with one attached hydrogen (secondary N) is 1. The van der Waals surface area contributed by atoms with E-state index in [-0.39, 0.29) is 34.6 Å². The number of hydrogen-bond acceptors (Lipinski definition) is 4. The summed E-state index contributed by atoms with van der Waals surface area (Å²) < 4.78 is 0. The third-order valence-corrected chi connectivity index (χ3v) is 6.89. The lowest BCUT2D eigenvalue weighted by Crippen LogP contribution is -2.61. The summed E-state index contributed by atoms with van der Waals surface area (Å²) in [5.41, 5.74) is 6.09. The lowest BCUT2D eigenvalue weighted by Gasteiger charge is -2.54. The fraction of sp³-hybridized carbons (Fsp3) is 0.840. The van der Waals surface area contributed by atoms with E-state index in [4.69, 9.17) is 5.73 Å². The second kappa shape index (κ2) is 11.2. The Morgan fingerprint density at radius 3 is 1.80 bits per heavy atom. The predicted octanol–water partition coefficient (Wildman–Crippen LogP) is 5.16. The normalized spacial score (nSPS) is 24.9. The van der Waals surface area contributed by atoms with Crippen LogP contribution in [0.4, 0.5) is 0 Å². The van der Waals surface area contributed by atoms with Gasteiger partial charge in [-0.1, -0.05) is 57.8 Å². The van der Waals surface area contributed by atoms with E-state index in [9.17, 15) is 10.1 Å². The maximum Gasteiger partial charge on any atom is 0.263 e. The average molecular weight is 417 g/mol. The van der Waals surface area contributed by atoms with Crippen LogP contribution in [0.3, 0.4) is 0 Å². The molecule has 0 spiro atoms. The lowest BCUT2D eigenvalue weighted by atomic mass is 9.77. The summed E-state index contributed by atoms with van der Waals surface area (Å²) in [4.78, 5) is 15.2. The highest BCUT2D eigenvalue weighted by molar-refractivity contribution is 5.97. The molecule has 0 radical (unpaired) electrons. The highest BCUT2D eigenvalue weighted by atomic mass is 16.1. The summed E-state index contributed by atoms with van der Waals surface area (Å²) in [6.45, 7) is 8.57. The summed E-state index contributed by atoms with van der Waals surface area (Å²) >= 11 is 0. The van der Waals surface area contributed by atoms with E-state index >= 15 is 0 Å². The molecule has 0 aromatic heterocycles. The molecule has 0 atom stereocenters. The number of likely N-dealkylation sites (tertiary alicyclic amines) is 1. The molecule has 1 saturated heterocycles. The average Bonchev–Trinajstić information content (AvgIpc) is 2.62. The molecule has 5 heteroatoms. The van der Waals surface area contributed by atoms with Gasteiger partial charge in [-0.3, -0.25) is 4.79 Å². The van der Waals surface area contributed by atoms with Crippen LogP contribution in [0.15, 0.2) is 11.8 Å². The minimum atomic E-state index is -0.226. The van der Waals surface area contributed by atoms with Gasteiger partial charge in [-0.05, 0) is 53.4 Å². The van der Waals surface area contributed by atoms with E-state index < -0.39 is 0 Å². The molecular weight excluding hydrogens is 372 g/mol. The van der Waals surface area contributed by atoms with Crippen LogP contribution in [0.1, 0.15) is 111 Å². The first-order valence-electron chi connectivity index (χ1n) is 12.1. The van der Waals surface area contributed by atoms with E-state index in [0.29, 0.717) is 0 Å². The smallest absolute Gasteiger partial charge is 0.263 e. The Bertz CT molecular complexity index is 602. The Balaban J connectivity index is 2.08. The zero-order valence-electron chi connectivity index (χ0n) is 19.8. The van der Waals surface area contributed by atoms with E-state index in [1.165, 1.54) is 44.9 Å². The zero-order valence-corrected chi connectivity index (χ0v) is 19.8. The number of amides is 1. The van der Waals surface area contributed by atoms with E-state index in [1.54, 1.807) is 6.20 Å². The maximum absolute atomic E-state index is 13.0. The van der Waals surface area contributed by atoms with Crippen LogP contribution in [0.2, 0.25) is 0 Å². The number of carbonyl (C=O) groups excluding carboxylic acids is 1. The van der Waals surface area contributed by atoms with Crippen molar-refractivity contribution in [3.8, 4) is 6.07 Å². The summed E-state index contributed by atoms with van der Waals surface area (Å²) in [6.07, 6.45) is 16.9. The molecular formula is C25H44N4O. The first-order chi connectivity index (χ1) is 14.2. The molecule has 1 amide bonds. The fourth-order valence-corrected chi connectivity index (χ4v) is 5.56. The Morgan fingerprint density at radius 1 is 0.933 bits per heavy atom. The van der Waals surface area contributed by atoms with Crippen LogP contribution in [0.5, 0.6) is 0 Å². The molecule has 0 unspecified atom stereocenters. The second-order valence-electron chi connectivity index (χ2n) is 10.7. The van der Waals surface area contributed by atoms with Crippen molar-refractivity contribution in [2.24, 2.45) is 5.73 Å². The fourth-order valence-electron chi connectivity index (χ4n) is 5.56. The maximum atomic E-state index is 13.0. The van der Waals surface area contributed by atoms with Crippen molar-refractivity contribution < 1.29 is 4.79 Å². The molecule has 2 rings (SSSR count). The Labute approximate surface area is 184 Å². The van der Waals surface area contributed by atoms with Crippen molar-refractivity contribution in [3.05, 3.63) is 11.8 Å². The van der Waals surface area contributed by atoms with Crippen molar-refractivity contribution in [3.63, 3.8) is 0 Å². The minimum absolute atomic E-state index is 0.134. The van der Waals surface area contributed by atoms with Gasteiger partial charge in [0.2, 0.25) is 0 Å². The van der Waals surface area contributed by atoms with E-state index in [0.717, 1.165) is 38.5 Å². The molecule has 2 aliphatic rings. The third kappa shape index (κ3) is 7.30. The number of nitrogens with zero attached hydrogens (tertiary/aromatic N) is 2. The SMILES string of the molecule is CC1(C)CC(N)CC(C)(C)N1/C=C(/C#N)C(=O)NC1CCCCCCCCCCC1. The molecule has 1 aliphatic carbocycles. The summed E-state index contributed by atoms with van der Waals surface area (Å²) in [7, 11) is 0. The second-order valence-corrected chi connectivity index (χ2v) is 10.7. The number of hydrogen-bond donors (Lipinski definition) is 2. The van der Waals surface area contributed by atoms with Crippen LogP contribution < -0.4 is 11.1 Å². The van der Waals surface area contributed by atoms with Crippen molar-refractivity contribution in [1.29, 1.82) is 5.26 Å². The van der Waals surface area contributed by atoms with Crippen molar-refractivity contribution in [1.82, 2.24) is 10.2 Å². The van der Waals surface area contributed by atoms with Crippen molar-refractivity contribution >= 4 is 5.91 Å². The van der Waals surface area contributed by atoms with Gasteiger partial charge >= 0.3 is 0 Å². The molecule has 5 nitrogen and oxygen atoms in total. The topological polar surface area (TPSA) is 82.2 Å². The van der Waals surface area contributed by atoms with Gasteiger partial charge in [0.1, 0.15) is 11.6 Å². The Kier molecular flexibility index (Phi) is 9.22. The number of carbonyl (C=O) groups is 1. The predicted molar refractivity (Wildman–Crippen MR) is 124 cm³/mol. The molecule has 1 saturated carbocycles. The van der Waals surface area contributed by atoms with Gasteiger partial charge in [-0.15, -0.1) is 0 Å². The van der Waals surface area contributed by atoms with Crippen LogP contribution >= 0.6 is 0 Å². The molecule has 1 heterocycles. The Morgan fingerprint density at radius 2 is 1.37 bits per heavy atom. The number of nitriles is 1. The molecule has 0 aromatic carbocycles. The first-order valence-corrected chi connectivity index (χ1v) is 12.1. The molecule has 2 fully saturated rings. The monoisotopic (exact) mass is 416 g/mol. The summed E-state index contributed by atoms with van der Waals surface area (Å²) in [5.74, 6) is -0.226. The number of piperidine rings is 1. The number of nitrogens with two attached hydrogens (primary N) is 1. The number of rotatable bonds is 3. The highest BCUT2D eigenvalue weighted by Crippen LogP contribution is 2.38. The van der Waals surface area contributed by atoms with E-state index in [1.807, 2.05) is 0 Å². The molecule has 170 valence electrons. The van der Waals surface area contributed by atoms with Crippen molar-refractivity contribution in [2.45, 2.75) is 134 Å². The quantitative estimate of drug-likeness (QED) is 0.491. The van der Waals surface area contributed by atoms with Crippen LogP contribution in [-0.4, -0.2) is 34.0 Å². The molecule has 30 heavy (non-hydrogen) atoms. The van der Waals surface area contributed by atoms with Gasteiger partial charge in [0.15, 0.2) is 0 Å². The van der Waals surface area contributed by atoms with Crippen LogP contribution in [-0.2, 0) is 4.79 Å². The minimum Gasteiger partial charge on any atom is -0.366 e. The third-order valence-electron chi connectivity index (χ3n) is 6.89. The zero-order chi connectivity index (χ0) is 22.2. The standard InChI is InChI=1S/C25H44N4O/c1-24(2)16-21(27)17-25(3,4)29(24)19-20(18-26)23(30)28-22-14-12-10-8-6-5-7-9-11-13-15-22/h19,21-22H,5-17,27H2,1-4H3,(H,28,30)/b20-19-. The van der Waals surface area contributed by atoms with Gasteiger partial charge in [0.05, 0.1) is 0 Å². The van der Waals surface area contributed by atoms with Gasteiger partial charge in [0.25, 0.3) is 5.91 Å². The Hall–Kier alpha value is -1.54. The molecule has 3 N–H and O–H groups in total. The van der Waals surface area contributed by atoms with Crippen molar-refractivity contribution in [2.75, 3.05) is 0 Å². The first kappa shape index (κ1) is 24.7. The lowest BCUT2D eigenvalue weighted by molar-refractivity contribution is -0.118.